The lowest BCUT2D eigenvalue weighted by Crippen LogP contribution is -2.51. The van der Waals surface area contributed by atoms with E-state index in [1.807, 2.05) is 24.3 Å². The lowest BCUT2D eigenvalue weighted by molar-refractivity contribution is -0.128. The molecule has 28 heavy (non-hydrogen) atoms. The van der Waals surface area contributed by atoms with Gasteiger partial charge in [0.05, 0.1) is 19.3 Å². The first-order valence-corrected chi connectivity index (χ1v) is 10.7. The van der Waals surface area contributed by atoms with Gasteiger partial charge in [-0.1, -0.05) is 18.6 Å². The summed E-state index contributed by atoms with van der Waals surface area (Å²) in [6.07, 6.45) is 3.27. The third-order valence-electron chi connectivity index (χ3n) is 5.66. The molecule has 2 heterocycles. The highest BCUT2D eigenvalue weighted by Crippen LogP contribution is 2.20. The SMILES string of the molecule is CC(C)N1CCCCC1C(=O)NCc1cccc(OCCN2CCOCC2)c1. The molecule has 1 aromatic rings. The van der Waals surface area contributed by atoms with E-state index in [0.29, 0.717) is 19.2 Å². The van der Waals surface area contributed by atoms with Crippen LogP contribution in [0.4, 0.5) is 0 Å². The molecule has 0 aliphatic carbocycles. The molecule has 1 aromatic carbocycles. The van der Waals surface area contributed by atoms with Crippen molar-refractivity contribution in [3.05, 3.63) is 29.8 Å². The molecule has 1 N–H and O–H groups in total. The van der Waals surface area contributed by atoms with E-state index >= 15 is 0 Å². The second-order valence-corrected chi connectivity index (χ2v) is 8.01. The van der Waals surface area contributed by atoms with Crippen LogP contribution >= 0.6 is 0 Å². The van der Waals surface area contributed by atoms with Gasteiger partial charge in [0.15, 0.2) is 0 Å². The summed E-state index contributed by atoms with van der Waals surface area (Å²) in [6, 6.07) is 8.44. The number of nitrogens with zero attached hydrogens (tertiary/aromatic N) is 2. The van der Waals surface area contributed by atoms with Gasteiger partial charge in [0.2, 0.25) is 5.91 Å². The van der Waals surface area contributed by atoms with Gasteiger partial charge >= 0.3 is 0 Å². The number of hydrogen-bond acceptors (Lipinski definition) is 5. The van der Waals surface area contributed by atoms with Crippen molar-refractivity contribution in [3.63, 3.8) is 0 Å². The van der Waals surface area contributed by atoms with Crippen molar-refractivity contribution in [1.82, 2.24) is 15.1 Å². The Morgan fingerprint density at radius 2 is 2.07 bits per heavy atom. The highest BCUT2D eigenvalue weighted by Gasteiger charge is 2.29. The topological polar surface area (TPSA) is 54.0 Å². The predicted molar refractivity (Wildman–Crippen MR) is 111 cm³/mol. The number of ether oxygens (including phenoxy) is 2. The van der Waals surface area contributed by atoms with E-state index in [-0.39, 0.29) is 11.9 Å². The average Bonchev–Trinajstić information content (AvgIpc) is 2.73. The molecule has 6 nitrogen and oxygen atoms in total. The first-order valence-electron chi connectivity index (χ1n) is 10.7. The van der Waals surface area contributed by atoms with E-state index in [9.17, 15) is 4.79 Å². The van der Waals surface area contributed by atoms with Crippen molar-refractivity contribution in [1.29, 1.82) is 0 Å². The largest absolute Gasteiger partial charge is 0.492 e. The van der Waals surface area contributed by atoms with E-state index in [0.717, 1.165) is 63.5 Å². The smallest absolute Gasteiger partial charge is 0.237 e. The van der Waals surface area contributed by atoms with Crippen LogP contribution in [-0.2, 0) is 16.1 Å². The fourth-order valence-electron chi connectivity index (χ4n) is 4.02. The fraction of sp³-hybridized carbons (Fsp3) is 0.682. The van der Waals surface area contributed by atoms with Crippen LogP contribution in [0.2, 0.25) is 0 Å². The van der Waals surface area contributed by atoms with Crippen LogP contribution in [0.25, 0.3) is 0 Å². The van der Waals surface area contributed by atoms with Crippen molar-refractivity contribution in [3.8, 4) is 5.75 Å². The van der Waals surface area contributed by atoms with Gasteiger partial charge in [0.1, 0.15) is 12.4 Å². The molecule has 2 aliphatic heterocycles. The third-order valence-corrected chi connectivity index (χ3v) is 5.66. The standard InChI is InChI=1S/C22H35N3O3/c1-18(2)25-9-4-3-8-21(25)22(26)23-17-19-6-5-7-20(16-19)28-15-12-24-10-13-27-14-11-24/h5-7,16,18,21H,3-4,8-15,17H2,1-2H3,(H,23,26). The number of amides is 1. The Hall–Kier alpha value is -1.63. The summed E-state index contributed by atoms with van der Waals surface area (Å²) >= 11 is 0. The summed E-state index contributed by atoms with van der Waals surface area (Å²) in [7, 11) is 0. The van der Waals surface area contributed by atoms with Crippen molar-refractivity contribution in [2.24, 2.45) is 0 Å². The van der Waals surface area contributed by atoms with Crippen LogP contribution < -0.4 is 10.1 Å². The van der Waals surface area contributed by atoms with E-state index in [1.54, 1.807) is 0 Å². The van der Waals surface area contributed by atoms with Gasteiger partial charge in [-0.25, -0.2) is 0 Å². The quantitative estimate of drug-likeness (QED) is 0.739. The normalized spacial score (nSPS) is 21.6. The first kappa shape index (κ1) is 21.1. The number of likely N-dealkylation sites (tertiary alicyclic amines) is 1. The lowest BCUT2D eigenvalue weighted by atomic mass is 9.99. The lowest BCUT2D eigenvalue weighted by Gasteiger charge is -2.37. The monoisotopic (exact) mass is 389 g/mol. The molecule has 0 spiro atoms. The van der Waals surface area contributed by atoms with Crippen LogP contribution in [0.5, 0.6) is 5.75 Å². The Morgan fingerprint density at radius 3 is 2.86 bits per heavy atom. The molecular formula is C22H35N3O3. The molecule has 2 fully saturated rings. The van der Waals surface area contributed by atoms with E-state index in [1.165, 1.54) is 6.42 Å². The molecule has 2 saturated heterocycles. The van der Waals surface area contributed by atoms with Gasteiger partial charge < -0.3 is 14.8 Å². The summed E-state index contributed by atoms with van der Waals surface area (Å²) in [5.74, 6) is 1.01. The van der Waals surface area contributed by atoms with Crippen molar-refractivity contribution < 1.29 is 14.3 Å². The molecule has 1 atom stereocenters. The molecule has 0 radical (unpaired) electrons. The van der Waals surface area contributed by atoms with E-state index < -0.39 is 0 Å². The zero-order chi connectivity index (χ0) is 19.8. The highest BCUT2D eigenvalue weighted by molar-refractivity contribution is 5.81. The second kappa shape index (κ2) is 10.8. The van der Waals surface area contributed by atoms with Gasteiger partial charge in [-0.05, 0) is 50.9 Å². The summed E-state index contributed by atoms with van der Waals surface area (Å²) < 4.78 is 11.3. The number of hydrogen-bond donors (Lipinski definition) is 1. The van der Waals surface area contributed by atoms with Gasteiger partial charge in [0, 0.05) is 32.2 Å². The van der Waals surface area contributed by atoms with Gasteiger partial charge in [-0.2, -0.15) is 0 Å². The zero-order valence-corrected chi connectivity index (χ0v) is 17.4. The number of piperidine rings is 1. The summed E-state index contributed by atoms with van der Waals surface area (Å²) in [4.78, 5) is 17.4. The predicted octanol–water partition coefficient (Wildman–Crippen LogP) is 2.28. The average molecular weight is 390 g/mol. The Bertz CT molecular complexity index is 617. The summed E-state index contributed by atoms with van der Waals surface area (Å²) in [5, 5.41) is 3.13. The molecule has 3 rings (SSSR count). The first-order chi connectivity index (χ1) is 13.6. The van der Waals surface area contributed by atoms with E-state index in [4.69, 9.17) is 9.47 Å². The van der Waals surface area contributed by atoms with Gasteiger partial charge in [-0.3, -0.25) is 14.6 Å². The summed E-state index contributed by atoms with van der Waals surface area (Å²) in [6.45, 7) is 11.1. The van der Waals surface area contributed by atoms with Crippen molar-refractivity contribution in [2.75, 3.05) is 46.0 Å². The summed E-state index contributed by atoms with van der Waals surface area (Å²) in [5.41, 5.74) is 1.07. The van der Waals surface area contributed by atoms with Crippen molar-refractivity contribution >= 4 is 5.91 Å². The van der Waals surface area contributed by atoms with Crippen LogP contribution in [0, 0.1) is 0 Å². The third kappa shape index (κ3) is 6.19. The minimum absolute atomic E-state index is 0.00158. The van der Waals surface area contributed by atoms with Gasteiger partial charge in [0.25, 0.3) is 0 Å². The molecule has 0 saturated carbocycles. The minimum atomic E-state index is 0.00158. The number of nitrogens with one attached hydrogen (secondary N) is 1. The number of carbonyl (C=O) groups is 1. The molecule has 1 unspecified atom stereocenters. The maximum atomic E-state index is 12.7. The molecule has 6 heteroatoms. The second-order valence-electron chi connectivity index (χ2n) is 8.01. The molecular weight excluding hydrogens is 354 g/mol. The van der Waals surface area contributed by atoms with Crippen LogP contribution in [-0.4, -0.2) is 73.8 Å². The highest BCUT2D eigenvalue weighted by atomic mass is 16.5. The molecule has 1 amide bonds. The Balaban J connectivity index is 1.45. The molecule has 0 bridgehead atoms. The molecule has 2 aliphatic rings. The van der Waals surface area contributed by atoms with Crippen LogP contribution in [0.1, 0.15) is 38.7 Å². The number of rotatable bonds is 8. The Kier molecular flexibility index (Phi) is 8.13. The van der Waals surface area contributed by atoms with Crippen LogP contribution in [0.3, 0.4) is 0 Å². The zero-order valence-electron chi connectivity index (χ0n) is 17.4. The molecule has 156 valence electrons. The van der Waals surface area contributed by atoms with E-state index in [2.05, 4.69) is 29.0 Å². The Morgan fingerprint density at radius 1 is 1.25 bits per heavy atom. The fourth-order valence-corrected chi connectivity index (χ4v) is 4.02. The number of carbonyl (C=O) groups excluding carboxylic acids is 1. The Labute approximate surface area is 169 Å². The molecule has 0 aromatic heterocycles. The maximum Gasteiger partial charge on any atom is 0.237 e. The maximum absolute atomic E-state index is 12.7. The number of morpholine rings is 1. The number of benzene rings is 1. The van der Waals surface area contributed by atoms with Crippen LogP contribution in [0.15, 0.2) is 24.3 Å². The minimum Gasteiger partial charge on any atom is -0.492 e. The van der Waals surface area contributed by atoms with Gasteiger partial charge in [-0.15, -0.1) is 0 Å². The van der Waals surface area contributed by atoms with Crippen molar-refractivity contribution in [2.45, 2.75) is 51.7 Å².